The van der Waals surface area contributed by atoms with Gasteiger partial charge in [0.25, 0.3) is 0 Å². The molecule has 0 bridgehead atoms. The molecule has 1 aliphatic carbocycles. The van der Waals surface area contributed by atoms with Crippen molar-refractivity contribution in [3.63, 3.8) is 0 Å². The lowest BCUT2D eigenvalue weighted by Gasteiger charge is -2.36. The summed E-state index contributed by atoms with van der Waals surface area (Å²) in [6.07, 6.45) is 5.48. The monoisotopic (exact) mass is 309 g/mol. The number of aromatic nitrogens is 1. The summed E-state index contributed by atoms with van der Waals surface area (Å²) in [5.41, 5.74) is 1.88. The van der Waals surface area contributed by atoms with Crippen LogP contribution in [0.15, 0.2) is 5.38 Å². The van der Waals surface area contributed by atoms with E-state index < -0.39 is 0 Å². The lowest BCUT2D eigenvalue weighted by Crippen LogP contribution is -2.47. The zero-order chi connectivity index (χ0) is 15.5. The van der Waals surface area contributed by atoms with Crippen molar-refractivity contribution in [3.8, 4) is 0 Å². The molecule has 1 fully saturated rings. The summed E-state index contributed by atoms with van der Waals surface area (Å²) in [6, 6.07) is 0. The topological polar surface area (TPSA) is 28.2 Å². The number of nitrogens with one attached hydrogen (secondary N) is 1. The van der Waals surface area contributed by atoms with E-state index in [2.05, 4.69) is 55.3 Å². The fourth-order valence-electron chi connectivity index (χ4n) is 3.35. The molecule has 1 aliphatic rings. The SMILES string of the molecule is Cc1nc(CN(C)CC2(CNC(C)(C)C)CCCC2)cs1. The van der Waals surface area contributed by atoms with Gasteiger partial charge in [0.1, 0.15) is 0 Å². The highest BCUT2D eigenvalue weighted by Crippen LogP contribution is 2.38. The van der Waals surface area contributed by atoms with Crippen LogP contribution in [0.1, 0.15) is 57.2 Å². The van der Waals surface area contributed by atoms with Gasteiger partial charge in [-0.1, -0.05) is 12.8 Å². The van der Waals surface area contributed by atoms with Crippen molar-refractivity contribution in [2.75, 3.05) is 20.1 Å². The molecule has 4 heteroatoms. The summed E-state index contributed by atoms with van der Waals surface area (Å²) in [4.78, 5) is 7.06. The maximum Gasteiger partial charge on any atom is 0.0897 e. The van der Waals surface area contributed by atoms with E-state index >= 15 is 0 Å². The Hall–Kier alpha value is -0.450. The van der Waals surface area contributed by atoms with E-state index in [1.54, 1.807) is 11.3 Å². The molecule has 120 valence electrons. The predicted octanol–water partition coefficient (Wildman–Crippen LogP) is 3.83. The van der Waals surface area contributed by atoms with Crippen molar-refractivity contribution in [2.24, 2.45) is 5.41 Å². The van der Waals surface area contributed by atoms with Crippen LogP contribution in [0.3, 0.4) is 0 Å². The van der Waals surface area contributed by atoms with Gasteiger partial charge in [0.2, 0.25) is 0 Å². The lowest BCUT2D eigenvalue weighted by atomic mass is 9.84. The van der Waals surface area contributed by atoms with Gasteiger partial charge in [-0.2, -0.15) is 0 Å². The second-order valence-corrected chi connectivity index (χ2v) is 8.90. The average molecular weight is 310 g/mol. The van der Waals surface area contributed by atoms with E-state index in [1.165, 1.54) is 42.9 Å². The molecule has 1 aromatic rings. The number of aryl methyl sites for hydroxylation is 1. The number of rotatable bonds is 6. The van der Waals surface area contributed by atoms with Crippen molar-refractivity contribution in [3.05, 3.63) is 16.1 Å². The molecule has 1 aromatic heterocycles. The van der Waals surface area contributed by atoms with Gasteiger partial charge in [0.15, 0.2) is 0 Å². The minimum Gasteiger partial charge on any atom is -0.311 e. The molecule has 0 unspecified atom stereocenters. The Morgan fingerprint density at radius 2 is 2.00 bits per heavy atom. The summed E-state index contributed by atoms with van der Waals surface area (Å²) in [6.45, 7) is 12.2. The van der Waals surface area contributed by atoms with Crippen LogP contribution in [0.2, 0.25) is 0 Å². The van der Waals surface area contributed by atoms with Crippen molar-refractivity contribution in [1.82, 2.24) is 15.2 Å². The Balaban J connectivity index is 1.92. The zero-order valence-corrected chi connectivity index (χ0v) is 15.1. The fraction of sp³-hybridized carbons (Fsp3) is 0.824. The highest BCUT2D eigenvalue weighted by atomic mass is 32.1. The van der Waals surface area contributed by atoms with E-state index in [-0.39, 0.29) is 5.54 Å². The Bertz CT molecular complexity index is 441. The molecule has 0 amide bonds. The minimum absolute atomic E-state index is 0.209. The van der Waals surface area contributed by atoms with Gasteiger partial charge in [-0.05, 0) is 53.0 Å². The highest BCUT2D eigenvalue weighted by molar-refractivity contribution is 7.09. The maximum absolute atomic E-state index is 4.59. The van der Waals surface area contributed by atoms with Crippen LogP contribution >= 0.6 is 11.3 Å². The predicted molar refractivity (Wildman–Crippen MR) is 91.8 cm³/mol. The first-order valence-electron chi connectivity index (χ1n) is 8.13. The Morgan fingerprint density at radius 1 is 1.33 bits per heavy atom. The maximum atomic E-state index is 4.59. The molecule has 1 N–H and O–H groups in total. The normalized spacial score (nSPS) is 18.6. The van der Waals surface area contributed by atoms with Crippen LogP contribution in [-0.2, 0) is 6.54 Å². The van der Waals surface area contributed by atoms with Gasteiger partial charge >= 0.3 is 0 Å². The van der Waals surface area contributed by atoms with Crippen LogP contribution in [0, 0.1) is 12.3 Å². The van der Waals surface area contributed by atoms with Crippen LogP contribution in [0.5, 0.6) is 0 Å². The molecular formula is C17H31N3S. The summed E-state index contributed by atoms with van der Waals surface area (Å²) >= 11 is 1.75. The molecule has 0 spiro atoms. The third-order valence-electron chi connectivity index (χ3n) is 4.36. The van der Waals surface area contributed by atoms with Gasteiger partial charge in [-0.3, -0.25) is 4.90 Å². The third-order valence-corrected chi connectivity index (χ3v) is 5.18. The molecule has 0 aromatic carbocycles. The van der Waals surface area contributed by atoms with Crippen molar-refractivity contribution < 1.29 is 0 Å². The van der Waals surface area contributed by atoms with Gasteiger partial charge in [0, 0.05) is 30.6 Å². The number of hydrogen-bond donors (Lipinski definition) is 1. The summed E-state index contributed by atoms with van der Waals surface area (Å²) in [5.74, 6) is 0. The average Bonchev–Trinajstić information content (AvgIpc) is 2.96. The molecule has 0 aliphatic heterocycles. The summed E-state index contributed by atoms with van der Waals surface area (Å²) < 4.78 is 0. The van der Waals surface area contributed by atoms with E-state index in [0.29, 0.717) is 5.41 Å². The first kappa shape index (κ1) is 16.9. The molecule has 3 nitrogen and oxygen atoms in total. The molecule has 21 heavy (non-hydrogen) atoms. The standard InChI is InChI=1S/C17H31N3S/c1-14-19-15(11-21-14)10-20(5)13-17(8-6-7-9-17)12-18-16(2,3)4/h11,18H,6-10,12-13H2,1-5H3. The van der Waals surface area contributed by atoms with E-state index in [4.69, 9.17) is 0 Å². The Kier molecular flexibility index (Phi) is 5.44. The van der Waals surface area contributed by atoms with Crippen molar-refractivity contribution in [1.29, 1.82) is 0 Å². The van der Waals surface area contributed by atoms with Crippen LogP contribution in [0.4, 0.5) is 0 Å². The third kappa shape index (κ3) is 5.35. The lowest BCUT2D eigenvalue weighted by molar-refractivity contribution is 0.155. The van der Waals surface area contributed by atoms with E-state index in [1.807, 2.05) is 0 Å². The molecular weight excluding hydrogens is 278 g/mol. The molecule has 0 saturated heterocycles. The second-order valence-electron chi connectivity index (χ2n) is 7.84. The van der Waals surface area contributed by atoms with Crippen LogP contribution in [-0.4, -0.2) is 35.6 Å². The van der Waals surface area contributed by atoms with Crippen LogP contribution < -0.4 is 5.32 Å². The number of thiazole rings is 1. The smallest absolute Gasteiger partial charge is 0.0897 e. The molecule has 2 rings (SSSR count). The second kappa shape index (κ2) is 6.76. The summed E-state index contributed by atoms with van der Waals surface area (Å²) in [7, 11) is 2.24. The van der Waals surface area contributed by atoms with Crippen LogP contribution in [0.25, 0.3) is 0 Å². The minimum atomic E-state index is 0.209. The van der Waals surface area contributed by atoms with Gasteiger partial charge in [0.05, 0.1) is 10.7 Å². The quantitative estimate of drug-likeness (QED) is 0.865. The first-order valence-corrected chi connectivity index (χ1v) is 9.01. The Labute approximate surface area is 134 Å². The van der Waals surface area contributed by atoms with Crippen molar-refractivity contribution in [2.45, 2.75) is 65.5 Å². The highest BCUT2D eigenvalue weighted by Gasteiger charge is 2.35. The van der Waals surface area contributed by atoms with Gasteiger partial charge < -0.3 is 5.32 Å². The fourth-order valence-corrected chi connectivity index (χ4v) is 3.96. The number of nitrogens with zero attached hydrogens (tertiary/aromatic N) is 2. The van der Waals surface area contributed by atoms with Gasteiger partial charge in [-0.25, -0.2) is 4.98 Å². The Morgan fingerprint density at radius 3 is 2.52 bits per heavy atom. The van der Waals surface area contributed by atoms with Gasteiger partial charge in [-0.15, -0.1) is 11.3 Å². The zero-order valence-electron chi connectivity index (χ0n) is 14.3. The summed E-state index contributed by atoms with van der Waals surface area (Å²) in [5, 5.41) is 7.10. The van der Waals surface area contributed by atoms with Crippen molar-refractivity contribution >= 4 is 11.3 Å². The first-order chi connectivity index (χ1) is 9.78. The largest absolute Gasteiger partial charge is 0.311 e. The molecule has 1 saturated carbocycles. The molecule has 1 heterocycles. The number of hydrogen-bond acceptors (Lipinski definition) is 4. The molecule has 0 atom stereocenters. The van der Waals surface area contributed by atoms with E-state index in [0.717, 1.165) is 13.1 Å². The van der Waals surface area contributed by atoms with E-state index in [9.17, 15) is 0 Å². The molecule has 0 radical (unpaired) electrons.